The maximum absolute atomic E-state index is 13.9. The molecule has 3 aliphatic heterocycles. The predicted octanol–water partition coefficient (Wildman–Crippen LogP) is 5.49. The van der Waals surface area contributed by atoms with Gasteiger partial charge in [0.15, 0.2) is 12.4 Å². The van der Waals surface area contributed by atoms with E-state index in [0.29, 0.717) is 28.4 Å². The number of hydrogen-bond donors (Lipinski definition) is 2. The molecule has 0 amide bonds. The van der Waals surface area contributed by atoms with E-state index >= 15 is 0 Å². The summed E-state index contributed by atoms with van der Waals surface area (Å²) in [5, 5.41) is 12.4. The molecule has 0 radical (unpaired) electrons. The van der Waals surface area contributed by atoms with Gasteiger partial charge in [-0.05, 0) is 86.9 Å². The number of aryl methyl sites for hydroxylation is 1. The summed E-state index contributed by atoms with van der Waals surface area (Å²) in [5.74, 6) is 2.27. The lowest BCUT2D eigenvalue weighted by atomic mass is 9.73. The van der Waals surface area contributed by atoms with Crippen molar-refractivity contribution in [1.82, 2.24) is 30.4 Å². The predicted molar refractivity (Wildman–Crippen MR) is 174 cm³/mol. The number of nitrogens with zero attached hydrogens (tertiary/aromatic N) is 6. The van der Waals surface area contributed by atoms with E-state index in [-0.39, 0.29) is 11.7 Å². The van der Waals surface area contributed by atoms with Crippen molar-refractivity contribution >= 4 is 33.6 Å². The van der Waals surface area contributed by atoms with Gasteiger partial charge in [-0.15, -0.1) is 0 Å². The molecule has 0 atom stereocenters. The number of H-pyrrole nitrogens is 1. The van der Waals surface area contributed by atoms with Crippen LogP contribution in [0.5, 0.6) is 5.75 Å². The number of rotatable bonds is 8. The van der Waals surface area contributed by atoms with Crippen molar-refractivity contribution in [2.24, 2.45) is 11.3 Å². The fourth-order valence-electron chi connectivity index (χ4n) is 7.73. The molecule has 46 heavy (non-hydrogen) atoms. The second kappa shape index (κ2) is 11.0. The normalized spacial score (nSPS) is 20.2. The first kappa shape index (κ1) is 29.7. The molecule has 3 saturated heterocycles. The molecule has 2 aromatic carbocycles. The Kier molecular flexibility index (Phi) is 7.09. The van der Waals surface area contributed by atoms with E-state index in [1.165, 1.54) is 0 Å². The number of piperidine rings is 1. The van der Waals surface area contributed by atoms with Crippen LogP contribution in [0.1, 0.15) is 42.7 Å². The number of hydrogen-bond acceptors (Lipinski definition) is 8. The lowest BCUT2D eigenvalue weighted by Gasteiger charge is -2.49. The molecule has 244 valence electrons. The molecule has 8 rings (SSSR count). The number of anilines is 2. The van der Waals surface area contributed by atoms with Crippen LogP contribution in [0.2, 0.25) is 0 Å². The Hall–Kier alpha value is -3.64. The van der Waals surface area contributed by atoms with Gasteiger partial charge >= 0.3 is 6.18 Å². The Bertz CT molecular complexity index is 1780. The summed E-state index contributed by atoms with van der Waals surface area (Å²) in [6.45, 7) is 6.95. The Balaban J connectivity index is 1.34. The molecule has 1 saturated carbocycles. The molecular weight excluding hydrogens is 593 g/mol. The molecule has 2 N–H and O–H groups in total. The molecule has 5 heterocycles. The van der Waals surface area contributed by atoms with E-state index in [2.05, 4.69) is 50.4 Å². The first-order valence-electron chi connectivity index (χ1n) is 16.4. The summed E-state index contributed by atoms with van der Waals surface area (Å²) in [5.41, 5.74) is 5.12. The zero-order valence-corrected chi connectivity index (χ0v) is 26.7. The van der Waals surface area contributed by atoms with E-state index in [1.54, 1.807) is 6.20 Å². The van der Waals surface area contributed by atoms with Crippen molar-refractivity contribution < 1.29 is 17.9 Å². The zero-order chi connectivity index (χ0) is 31.8. The quantitative estimate of drug-likeness (QED) is 0.264. The van der Waals surface area contributed by atoms with Gasteiger partial charge in [-0.1, -0.05) is 6.07 Å². The van der Waals surface area contributed by atoms with E-state index in [1.807, 2.05) is 19.1 Å². The fraction of sp³-hybridized carbons (Fsp3) is 0.559. The van der Waals surface area contributed by atoms with Gasteiger partial charge in [0.25, 0.3) is 0 Å². The molecule has 0 bridgehead atoms. The number of alkyl halides is 3. The monoisotopic (exact) mass is 634 g/mol. The molecule has 2 aromatic heterocycles. The molecule has 12 heteroatoms. The van der Waals surface area contributed by atoms with Crippen LogP contribution in [0, 0.1) is 18.3 Å². The summed E-state index contributed by atoms with van der Waals surface area (Å²) in [6.07, 6.45) is 1.32. The lowest BCUT2D eigenvalue weighted by Crippen LogP contribution is -2.58. The maximum Gasteiger partial charge on any atom is 0.422 e. The third kappa shape index (κ3) is 5.33. The minimum atomic E-state index is -4.51. The Morgan fingerprint density at radius 3 is 2.43 bits per heavy atom. The second-order valence-electron chi connectivity index (χ2n) is 14.3. The Morgan fingerprint density at radius 2 is 1.78 bits per heavy atom. The summed E-state index contributed by atoms with van der Waals surface area (Å²) >= 11 is 0. The largest absolute Gasteiger partial charge is 0.481 e. The fourth-order valence-corrected chi connectivity index (χ4v) is 7.73. The topological polar surface area (TPSA) is 85.4 Å². The number of benzene rings is 2. The lowest BCUT2D eigenvalue weighted by molar-refractivity contribution is -0.153. The highest BCUT2D eigenvalue weighted by Gasteiger charge is 2.41. The second-order valence-corrected chi connectivity index (χ2v) is 14.3. The van der Waals surface area contributed by atoms with Crippen molar-refractivity contribution in [1.29, 1.82) is 0 Å². The molecule has 4 aromatic rings. The summed E-state index contributed by atoms with van der Waals surface area (Å²) in [4.78, 5) is 16.9. The number of aromatic amines is 1. The molecule has 4 fully saturated rings. The van der Waals surface area contributed by atoms with Gasteiger partial charge in [0, 0.05) is 68.1 Å². The van der Waals surface area contributed by atoms with Crippen molar-refractivity contribution in [2.45, 2.75) is 44.7 Å². The standard InChI is InChI=1S/C34H41F3N8O/c1-20-4-7-26-25(13-39-42-26)27(20)28-23(22-5-6-22)12-24-29(30(28)46-19-34(35,36)37)40-32(45-15-21(16-45)14-43(2)3)41-31(24)44-10-8-33(9-11-44)17-38-18-33/h4,7,12-13,21-22,38H,5-6,8-11,14-19H2,1-3H3,(H,39,42). The first-order chi connectivity index (χ1) is 22.1. The van der Waals surface area contributed by atoms with Crippen LogP contribution in [-0.4, -0.2) is 97.8 Å². The van der Waals surface area contributed by atoms with Crippen LogP contribution in [0.4, 0.5) is 24.9 Å². The van der Waals surface area contributed by atoms with Gasteiger partial charge in [0.05, 0.1) is 11.7 Å². The molecule has 9 nitrogen and oxygen atoms in total. The van der Waals surface area contributed by atoms with Gasteiger partial charge in [0.1, 0.15) is 11.3 Å². The van der Waals surface area contributed by atoms with Gasteiger partial charge in [-0.2, -0.15) is 23.3 Å². The third-order valence-corrected chi connectivity index (χ3v) is 10.4. The average Bonchev–Trinajstić information content (AvgIpc) is 3.72. The van der Waals surface area contributed by atoms with Crippen LogP contribution in [0.3, 0.4) is 0 Å². The zero-order valence-electron chi connectivity index (χ0n) is 26.7. The van der Waals surface area contributed by atoms with Crippen LogP contribution >= 0.6 is 0 Å². The number of aromatic nitrogens is 4. The smallest absolute Gasteiger partial charge is 0.422 e. The van der Waals surface area contributed by atoms with Crippen LogP contribution in [0.25, 0.3) is 32.9 Å². The molecule has 0 unspecified atom stereocenters. The minimum absolute atomic E-state index is 0.195. The van der Waals surface area contributed by atoms with Crippen molar-refractivity contribution in [3.05, 3.63) is 35.5 Å². The van der Waals surface area contributed by atoms with Gasteiger partial charge in [-0.25, -0.2) is 4.98 Å². The Labute approximate surface area is 266 Å². The maximum atomic E-state index is 13.9. The van der Waals surface area contributed by atoms with E-state index in [4.69, 9.17) is 14.7 Å². The van der Waals surface area contributed by atoms with E-state index < -0.39 is 12.8 Å². The molecule has 1 spiro atoms. The SMILES string of the molecule is Cc1ccc2[nH]ncc2c1-c1c(C2CC2)cc2c(N3CCC4(CC3)CNC4)nc(N3CC(CN(C)C)C3)nc2c1OCC(F)(F)F. The summed E-state index contributed by atoms with van der Waals surface area (Å²) in [7, 11) is 4.14. The molecule has 1 aliphatic carbocycles. The average molecular weight is 635 g/mol. The van der Waals surface area contributed by atoms with E-state index in [0.717, 1.165) is 110 Å². The number of ether oxygens (including phenoxy) is 1. The highest BCUT2D eigenvalue weighted by molar-refractivity contribution is 6.06. The van der Waals surface area contributed by atoms with E-state index in [9.17, 15) is 13.2 Å². The summed E-state index contributed by atoms with van der Waals surface area (Å²) in [6, 6.07) is 6.12. The summed E-state index contributed by atoms with van der Waals surface area (Å²) < 4.78 is 47.7. The van der Waals surface area contributed by atoms with Gasteiger partial charge in [0.2, 0.25) is 5.95 Å². The Morgan fingerprint density at radius 1 is 1.02 bits per heavy atom. The van der Waals surface area contributed by atoms with Crippen molar-refractivity contribution in [2.75, 3.05) is 76.3 Å². The van der Waals surface area contributed by atoms with Gasteiger partial charge in [-0.3, -0.25) is 5.10 Å². The van der Waals surface area contributed by atoms with Crippen LogP contribution in [-0.2, 0) is 0 Å². The van der Waals surface area contributed by atoms with Crippen molar-refractivity contribution in [3.8, 4) is 16.9 Å². The third-order valence-electron chi connectivity index (χ3n) is 10.4. The highest BCUT2D eigenvalue weighted by Crippen LogP contribution is 2.53. The first-order valence-corrected chi connectivity index (χ1v) is 16.4. The van der Waals surface area contributed by atoms with Crippen LogP contribution < -0.4 is 19.9 Å². The molecule has 4 aliphatic rings. The number of fused-ring (bicyclic) bond motifs is 2. The highest BCUT2D eigenvalue weighted by atomic mass is 19.4. The van der Waals surface area contributed by atoms with Gasteiger partial charge < -0.3 is 24.8 Å². The molecular formula is C34H41F3N8O. The van der Waals surface area contributed by atoms with Crippen LogP contribution in [0.15, 0.2) is 24.4 Å². The van der Waals surface area contributed by atoms with Crippen molar-refractivity contribution in [3.63, 3.8) is 0 Å². The number of nitrogens with one attached hydrogen (secondary N) is 2. The number of halogens is 3. The minimum Gasteiger partial charge on any atom is -0.481 e.